The summed E-state index contributed by atoms with van der Waals surface area (Å²) < 4.78 is 0. The van der Waals surface area contributed by atoms with Gasteiger partial charge in [0.05, 0.1) is 6.10 Å². The first-order chi connectivity index (χ1) is 8.21. The molecule has 102 valence electrons. The average molecular weight is 252 g/mol. The molecule has 4 nitrogen and oxygen atoms in total. The van der Waals surface area contributed by atoms with Gasteiger partial charge in [-0.05, 0) is 44.2 Å². The van der Waals surface area contributed by atoms with Gasteiger partial charge in [-0.1, -0.05) is 13.8 Å². The SMILES string of the molecule is Cc1cc(C)c(C(=O)NCC(C)(C)CC(C)O)[nH]1. The zero-order valence-corrected chi connectivity index (χ0v) is 11.9. The van der Waals surface area contributed by atoms with Crippen LogP contribution in [0.2, 0.25) is 0 Å². The molecule has 0 aliphatic heterocycles. The van der Waals surface area contributed by atoms with Crippen LogP contribution in [0.3, 0.4) is 0 Å². The van der Waals surface area contributed by atoms with E-state index in [9.17, 15) is 9.90 Å². The molecule has 0 aromatic carbocycles. The number of rotatable bonds is 5. The monoisotopic (exact) mass is 252 g/mol. The van der Waals surface area contributed by atoms with Crippen molar-refractivity contribution in [3.63, 3.8) is 0 Å². The Hall–Kier alpha value is -1.29. The van der Waals surface area contributed by atoms with Crippen LogP contribution in [0, 0.1) is 19.3 Å². The molecular formula is C14H24N2O2. The molecule has 0 saturated carbocycles. The van der Waals surface area contributed by atoms with Crippen molar-refractivity contribution in [1.29, 1.82) is 0 Å². The second-order valence-electron chi connectivity index (χ2n) is 5.91. The summed E-state index contributed by atoms with van der Waals surface area (Å²) in [6.07, 6.45) is 0.308. The van der Waals surface area contributed by atoms with Gasteiger partial charge in [0.15, 0.2) is 0 Å². The summed E-state index contributed by atoms with van der Waals surface area (Å²) in [5, 5.41) is 12.3. The molecule has 0 fully saturated rings. The minimum absolute atomic E-state index is 0.0840. The van der Waals surface area contributed by atoms with Gasteiger partial charge in [-0.3, -0.25) is 4.79 Å². The second kappa shape index (κ2) is 5.57. The van der Waals surface area contributed by atoms with Crippen LogP contribution in [-0.2, 0) is 0 Å². The molecule has 1 heterocycles. The lowest BCUT2D eigenvalue weighted by molar-refractivity contribution is 0.0897. The van der Waals surface area contributed by atoms with Gasteiger partial charge < -0.3 is 15.4 Å². The molecule has 0 spiro atoms. The van der Waals surface area contributed by atoms with E-state index < -0.39 is 0 Å². The Bertz CT molecular complexity index is 419. The molecular weight excluding hydrogens is 228 g/mol. The van der Waals surface area contributed by atoms with Crippen molar-refractivity contribution in [2.24, 2.45) is 5.41 Å². The largest absolute Gasteiger partial charge is 0.393 e. The number of hydrogen-bond donors (Lipinski definition) is 3. The maximum Gasteiger partial charge on any atom is 0.267 e. The average Bonchev–Trinajstić information content (AvgIpc) is 2.52. The molecule has 1 rings (SSSR count). The van der Waals surface area contributed by atoms with Crippen LogP contribution in [0.4, 0.5) is 0 Å². The number of nitrogens with one attached hydrogen (secondary N) is 2. The van der Waals surface area contributed by atoms with Crippen LogP contribution >= 0.6 is 0 Å². The molecule has 1 aromatic heterocycles. The van der Waals surface area contributed by atoms with Gasteiger partial charge in [0.25, 0.3) is 5.91 Å². The summed E-state index contributed by atoms with van der Waals surface area (Å²) in [4.78, 5) is 15.1. The van der Waals surface area contributed by atoms with Crippen molar-refractivity contribution in [3.8, 4) is 0 Å². The van der Waals surface area contributed by atoms with Crippen LogP contribution in [0.25, 0.3) is 0 Å². The summed E-state index contributed by atoms with van der Waals surface area (Å²) in [5.74, 6) is -0.0840. The molecule has 1 unspecified atom stereocenters. The van der Waals surface area contributed by atoms with Crippen LogP contribution in [-0.4, -0.2) is 28.6 Å². The molecule has 0 bridgehead atoms. The van der Waals surface area contributed by atoms with Crippen molar-refractivity contribution in [1.82, 2.24) is 10.3 Å². The van der Waals surface area contributed by atoms with Crippen molar-refractivity contribution < 1.29 is 9.90 Å². The third-order valence-electron chi connectivity index (χ3n) is 2.95. The molecule has 1 amide bonds. The van der Waals surface area contributed by atoms with Gasteiger partial charge in [-0.15, -0.1) is 0 Å². The number of carbonyl (C=O) groups is 1. The smallest absolute Gasteiger partial charge is 0.267 e. The molecule has 0 aliphatic rings. The van der Waals surface area contributed by atoms with Gasteiger partial charge in [0, 0.05) is 12.2 Å². The summed E-state index contributed by atoms with van der Waals surface area (Å²) in [6.45, 7) is 10.2. The maximum absolute atomic E-state index is 12.0. The topological polar surface area (TPSA) is 65.1 Å². The van der Waals surface area contributed by atoms with Crippen LogP contribution < -0.4 is 5.32 Å². The summed E-state index contributed by atoms with van der Waals surface area (Å²) in [5.41, 5.74) is 2.46. The molecule has 0 radical (unpaired) electrons. The maximum atomic E-state index is 12.0. The van der Waals surface area contributed by atoms with Gasteiger partial charge >= 0.3 is 0 Å². The highest BCUT2D eigenvalue weighted by Gasteiger charge is 2.22. The third kappa shape index (κ3) is 4.18. The number of aromatic nitrogens is 1. The summed E-state index contributed by atoms with van der Waals surface area (Å²) in [7, 11) is 0. The molecule has 3 N–H and O–H groups in total. The Morgan fingerprint density at radius 2 is 2.11 bits per heavy atom. The van der Waals surface area contributed by atoms with E-state index in [1.54, 1.807) is 6.92 Å². The van der Waals surface area contributed by atoms with E-state index >= 15 is 0 Å². The fourth-order valence-corrected chi connectivity index (χ4v) is 2.24. The van der Waals surface area contributed by atoms with E-state index in [-0.39, 0.29) is 17.4 Å². The van der Waals surface area contributed by atoms with Crippen molar-refractivity contribution in [2.75, 3.05) is 6.54 Å². The number of amides is 1. The summed E-state index contributed by atoms with van der Waals surface area (Å²) in [6, 6.07) is 1.95. The Labute approximate surface area is 109 Å². The molecule has 1 atom stereocenters. The lowest BCUT2D eigenvalue weighted by atomic mass is 9.87. The van der Waals surface area contributed by atoms with E-state index in [1.807, 2.05) is 33.8 Å². The van der Waals surface area contributed by atoms with E-state index in [2.05, 4.69) is 10.3 Å². The normalized spacial score (nSPS) is 13.4. The van der Waals surface area contributed by atoms with Gasteiger partial charge in [-0.2, -0.15) is 0 Å². The predicted octanol–water partition coefficient (Wildman–Crippen LogP) is 2.16. The molecule has 4 heteroatoms. The van der Waals surface area contributed by atoms with Crippen molar-refractivity contribution >= 4 is 5.91 Å². The van der Waals surface area contributed by atoms with Gasteiger partial charge in [0.1, 0.15) is 5.69 Å². The van der Waals surface area contributed by atoms with E-state index in [0.717, 1.165) is 11.3 Å². The quantitative estimate of drug-likeness (QED) is 0.752. The zero-order valence-electron chi connectivity index (χ0n) is 11.9. The Balaban J connectivity index is 2.59. The molecule has 0 aliphatic carbocycles. The van der Waals surface area contributed by atoms with E-state index in [4.69, 9.17) is 0 Å². The fraction of sp³-hybridized carbons (Fsp3) is 0.643. The number of H-pyrrole nitrogens is 1. The number of carbonyl (C=O) groups excluding carboxylic acids is 1. The highest BCUT2D eigenvalue weighted by atomic mass is 16.3. The fourth-order valence-electron chi connectivity index (χ4n) is 2.24. The number of aromatic amines is 1. The zero-order chi connectivity index (χ0) is 13.9. The van der Waals surface area contributed by atoms with Gasteiger partial charge in [-0.25, -0.2) is 0 Å². The first-order valence-electron chi connectivity index (χ1n) is 6.34. The standard InChI is InChI=1S/C14H24N2O2/c1-9-6-10(2)16-12(9)13(18)15-8-14(4,5)7-11(3)17/h6,11,16-17H,7-8H2,1-5H3,(H,15,18). The highest BCUT2D eigenvalue weighted by Crippen LogP contribution is 2.21. The minimum Gasteiger partial charge on any atom is -0.393 e. The first-order valence-corrected chi connectivity index (χ1v) is 6.34. The van der Waals surface area contributed by atoms with E-state index in [1.165, 1.54) is 0 Å². The first kappa shape index (κ1) is 14.8. The van der Waals surface area contributed by atoms with E-state index in [0.29, 0.717) is 18.7 Å². The number of aliphatic hydroxyl groups excluding tert-OH is 1. The highest BCUT2D eigenvalue weighted by molar-refractivity contribution is 5.94. The van der Waals surface area contributed by atoms with Crippen molar-refractivity contribution in [3.05, 3.63) is 23.0 Å². The van der Waals surface area contributed by atoms with Gasteiger partial charge in [0.2, 0.25) is 0 Å². The van der Waals surface area contributed by atoms with Crippen LogP contribution in [0.15, 0.2) is 6.07 Å². The lowest BCUT2D eigenvalue weighted by Gasteiger charge is -2.26. The minimum atomic E-state index is -0.355. The van der Waals surface area contributed by atoms with Crippen LogP contribution in [0.1, 0.15) is 48.9 Å². The molecule has 18 heavy (non-hydrogen) atoms. The predicted molar refractivity (Wildman–Crippen MR) is 72.7 cm³/mol. The molecule has 1 aromatic rings. The van der Waals surface area contributed by atoms with Crippen molar-refractivity contribution in [2.45, 2.75) is 47.1 Å². The Morgan fingerprint density at radius 1 is 1.50 bits per heavy atom. The number of aliphatic hydroxyl groups is 1. The Kier molecular flexibility index (Phi) is 4.57. The Morgan fingerprint density at radius 3 is 2.56 bits per heavy atom. The summed E-state index contributed by atoms with van der Waals surface area (Å²) >= 11 is 0. The third-order valence-corrected chi connectivity index (χ3v) is 2.95. The molecule has 0 saturated heterocycles. The number of aryl methyl sites for hydroxylation is 2. The van der Waals surface area contributed by atoms with Crippen LogP contribution in [0.5, 0.6) is 0 Å². The number of hydrogen-bond acceptors (Lipinski definition) is 2. The second-order valence-corrected chi connectivity index (χ2v) is 5.91. The lowest BCUT2D eigenvalue weighted by Crippen LogP contribution is -2.36.